The highest BCUT2D eigenvalue weighted by Gasteiger charge is 2.18. The van der Waals surface area contributed by atoms with E-state index in [4.69, 9.17) is 11.5 Å². The van der Waals surface area contributed by atoms with E-state index in [1.807, 2.05) is 19.1 Å². The van der Waals surface area contributed by atoms with Gasteiger partial charge < -0.3 is 11.5 Å². The molecular formula is C15H21N3O3S. The number of rotatable bonds is 5. The number of allylic oxidation sites excluding steroid dienone is 2. The molecule has 0 aliphatic rings. The van der Waals surface area contributed by atoms with Crippen LogP contribution in [0.3, 0.4) is 0 Å². The standard InChI is InChI=1S/C15H21N3O3S/c1-4-5-6-7-11-8-10(2)12(14(19)18-15(16)17)9-13(11)22(3,20)21/h4-5,8-9H,6-7H2,1-3H3,(H4,16,17,18,19)/b5-4+. The van der Waals surface area contributed by atoms with Gasteiger partial charge in [0.2, 0.25) is 0 Å². The van der Waals surface area contributed by atoms with E-state index >= 15 is 0 Å². The van der Waals surface area contributed by atoms with E-state index in [-0.39, 0.29) is 16.4 Å². The number of nitrogens with two attached hydrogens (primary N) is 2. The number of nitrogens with zero attached hydrogens (tertiary/aromatic N) is 1. The molecule has 0 saturated carbocycles. The van der Waals surface area contributed by atoms with Crippen LogP contribution in [0.25, 0.3) is 0 Å². The Morgan fingerprint density at radius 2 is 1.95 bits per heavy atom. The largest absolute Gasteiger partial charge is 0.370 e. The van der Waals surface area contributed by atoms with Gasteiger partial charge in [-0.1, -0.05) is 18.2 Å². The van der Waals surface area contributed by atoms with Gasteiger partial charge in [-0.3, -0.25) is 4.79 Å². The van der Waals surface area contributed by atoms with E-state index in [0.717, 1.165) is 12.7 Å². The van der Waals surface area contributed by atoms with Crippen LogP contribution >= 0.6 is 0 Å². The molecule has 0 fully saturated rings. The molecule has 1 aromatic carbocycles. The van der Waals surface area contributed by atoms with Crippen molar-refractivity contribution in [2.45, 2.75) is 31.6 Å². The Balaban J connectivity index is 3.42. The number of hydrogen-bond donors (Lipinski definition) is 2. The molecule has 0 atom stereocenters. The van der Waals surface area contributed by atoms with E-state index in [0.29, 0.717) is 17.5 Å². The Morgan fingerprint density at radius 1 is 1.32 bits per heavy atom. The normalized spacial score (nSPS) is 11.6. The first-order valence-corrected chi connectivity index (χ1v) is 8.64. The summed E-state index contributed by atoms with van der Waals surface area (Å²) >= 11 is 0. The molecule has 6 nitrogen and oxygen atoms in total. The molecule has 0 aromatic heterocycles. The first-order valence-electron chi connectivity index (χ1n) is 6.75. The third kappa shape index (κ3) is 4.70. The summed E-state index contributed by atoms with van der Waals surface area (Å²) in [7, 11) is -3.46. The van der Waals surface area contributed by atoms with Crippen LogP contribution in [0.5, 0.6) is 0 Å². The van der Waals surface area contributed by atoms with Crippen LogP contribution in [0, 0.1) is 6.92 Å². The Hall–Kier alpha value is -2.15. The summed E-state index contributed by atoms with van der Waals surface area (Å²) in [5.74, 6) is -1.01. The van der Waals surface area contributed by atoms with E-state index in [1.54, 1.807) is 13.0 Å². The second-order valence-electron chi connectivity index (χ2n) is 5.00. The van der Waals surface area contributed by atoms with Gasteiger partial charge in [0.05, 0.1) is 4.90 Å². The first-order chi connectivity index (χ1) is 10.2. The van der Waals surface area contributed by atoms with Crippen molar-refractivity contribution >= 4 is 21.7 Å². The van der Waals surface area contributed by atoms with Gasteiger partial charge in [0.1, 0.15) is 0 Å². The second kappa shape index (κ2) is 7.22. The van der Waals surface area contributed by atoms with E-state index in [2.05, 4.69) is 4.99 Å². The predicted molar refractivity (Wildman–Crippen MR) is 87.6 cm³/mol. The molecule has 0 aliphatic heterocycles. The molecule has 7 heteroatoms. The number of benzene rings is 1. The SMILES string of the molecule is C/C=C/CCc1cc(C)c(C(=O)N=C(N)N)cc1S(C)(=O)=O. The van der Waals surface area contributed by atoms with Crippen molar-refractivity contribution in [3.8, 4) is 0 Å². The fraction of sp³-hybridized carbons (Fsp3) is 0.333. The summed E-state index contributed by atoms with van der Waals surface area (Å²) in [5, 5.41) is 0. The summed E-state index contributed by atoms with van der Waals surface area (Å²) in [5.41, 5.74) is 11.9. The van der Waals surface area contributed by atoms with E-state index in [9.17, 15) is 13.2 Å². The van der Waals surface area contributed by atoms with Crippen molar-refractivity contribution in [2.24, 2.45) is 16.5 Å². The summed E-state index contributed by atoms with van der Waals surface area (Å²) in [6.45, 7) is 3.63. The van der Waals surface area contributed by atoms with Gasteiger partial charge in [0, 0.05) is 11.8 Å². The fourth-order valence-corrected chi connectivity index (χ4v) is 3.07. The van der Waals surface area contributed by atoms with Crippen LogP contribution in [0.1, 0.15) is 34.8 Å². The Bertz CT molecular complexity index is 731. The van der Waals surface area contributed by atoms with Gasteiger partial charge in [-0.15, -0.1) is 0 Å². The highest BCUT2D eigenvalue weighted by molar-refractivity contribution is 7.90. The van der Waals surface area contributed by atoms with Crippen molar-refractivity contribution in [1.82, 2.24) is 0 Å². The van der Waals surface area contributed by atoms with Crippen molar-refractivity contribution in [3.63, 3.8) is 0 Å². The molecule has 0 saturated heterocycles. The topological polar surface area (TPSA) is 116 Å². The molecule has 1 amide bonds. The zero-order valence-corrected chi connectivity index (χ0v) is 13.8. The quantitative estimate of drug-likeness (QED) is 0.481. The number of carbonyl (C=O) groups is 1. The molecule has 4 N–H and O–H groups in total. The Labute approximate surface area is 130 Å². The lowest BCUT2D eigenvalue weighted by Gasteiger charge is -2.11. The zero-order chi connectivity index (χ0) is 16.9. The van der Waals surface area contributed by atoms with Crippen LogP contribution in [0.2, 0.25) is 0 Å². The van der Waals surface area contributed by atoms with Crippen LogP contribution in [-0.4, -0.2) is 26.5 Å². The number of amides is 1. The molecule has 0 spiro atoms. The summed E-state index contributed by atoms with van der Waals surface area (Å²) in [6.07, 6.45) is 6.28. The lowest BCUT2D eigenvalue weighted by molar-refractivity contribution is 0.100. The molecule has 1 rings (SSSR count). The molecule has 22 heavy (non-hydrogen) atoms. The van der Waals surface area contributed by atoms with Crippen molar-refractivity contribution < 1.29 is 13.2 Å². The molecule has 0 aliphatic carbocycles. The second-order valence-corrected chi connectivity index (χ2v) is 6.98. The third-order valence-electron chi connectivity index (χ3n) is 3.08. The van der Waals surface area contributed by atoms with Crippen molar-refractivity contribution in [3.05, 3.63) is 41.0 Å². The van der Waals surface area contributed by atoms with E-state index in [1.165, 1.54) is 6.07 Å². The average Bonchev–Trinajstić information content (AvgIpc) is 2.36. The maximum atomic E-state index is 12.0. The van der Waals surface area contributed by atoms with Gasteiger partial charge in [-0.25, -0.2) is 8.42 Å². The highest BCUT2D eigenvalue weighted by atomic mass is 32.2. The average molecular weight is 323 g/mol. The maximum Gasteiger partial charge on any atom is 0.280 e. The van der Waals surface area contributed by atoms with Crippen LogP contribution in [0.4, 0.5) is 0 Å². The van der Waals surface area contributed by atoms with Crippen LogP contribution < -0.4 is 11.5 Å². The predicted octanol–water partition coefficient (Wildman–Crippen LogP) is 1.32. The van der Waals surface area contributed by atoms with Gasteiger partial charge in [-0.2, -0.15) is 4.99 Å². The van der Waals surface area contributed by atoms with Gasteiger partial charge >= 0.3 is 0 Å². The summed E-state index contributed by atoms with van der Waals surface area (Å²) in [6, 6.07) is 3.06. The number of aliphatic imine (C=N–C) groups is 1. The molecule has 0 heterocycles. The molecular weight excluding hydrogens is 302 g/mol. The van der Waals surface area contributed by atoms with E-state index < -0.39 is 15.7 Å². The summed E-state index contributed by atoms with van der Waals surface area (Å²) in [4.78, 5) is 15.6. The molecule has 1 aromatic rings. The van der Waals surface area contributed by atoms with Crippen molar-refractivity contribution in [2.75, 3.05) is 6.26 Å². The minimum Gasteiger partial charge on any atom is -0.370 e. The minimum atomic E-state index is -3.46. The number of aryl methyl sites for hydroxylation is 2. The number of hydrogen-bond acceptors (Lipinski definition) is 3. The van der Waals surface area contributed by atoms with Crippen LogP contribution in [-0.2, 0) is 16.3 Å². The number of carbonyl (C=O) groups excluding carboxylic acids is 1. The number of sulfone groups is 1. The van der Waals surface area contributed by atoms with Crippen molar-refractivity contribution in [1.29, 1.82) is 0 Å². The zero-order valence-electron chi connectivity index (χ0n) is 13.0. The number of guanidine groups is 1. The Morgan fingerprint density at radius 3 is 2.45 bits per heavy atom. The summed E-state index contributed by atoms with van der Waals surface area (Å²) < 4.78 is 24.0. The monoisotopic (exact) mass is 323 g/mol. The van der Waals surface area contributed by atoms with Gasteiger partial charge in [0.25, 0.3) is 5.91 Å². The van der Waals surface area contributed by atoms with Gasteiger partial charge in [0.15, 0.2) is 15.8 Å². The molecule has 0 radical (unpaired) electrons. The first kappa shape index (κ1) is 17.9. The maximum absolute atomic E-state index is 12.0. The van der Waals surface area contributed by atoms with Crippen LogP contribution in [0.15, 0.2) is 34.2 Å². The third-order valence-corrected chi connectivity index (χ3v) is 4.26. The smallest absolute Gasteiger partial charge is 0.280 e. The lowest BCUT2D eigenvalue weighted by atomic mass is 10.0. The molecule has 0 unspecified atom stereocenters. The minimum absolute atomic E-state index is 0.136. The Kier molecular flexibility index (Phi) is 5.87. The lowest BCUT2D eigenvalue weighted by Crippen LogP contribution is -2.24. The molecule has 0 bridgehead atoms. The molecule has 120 valence electrons. The fourth-order valence-electron chi connectivity index (χ4n) is 2.10. The van der Waals surface area contributed by atoms with Gasteiger partial charge in [-0.05, 0) is 43.9 Å². The highest BCUT2D eigenvalue weighted by Crippen LogP contribution is 2.23.